The molecule has 2 N–H and O–H groups in total. The van der Waals surface area contributed by atoms with Crippen LogP contribution in [0.1, 0.15) is 59.3 Å². The second-order valence-corrected chi connectivity index (χ2v) is 10.1. The number of morpholine rings is 1. The number of alkyl halides is 3. The fraction of sp³-hybridized carbons (Fsp3) is 0.500. The van der Waals surface area contributed by atoms with Gasteiger partial charge in [-0.05, 0) is 67.5 Å². The number of benzene rings is 1. The van der Waals surface area contributed by atoms with Crippen molar-refractivity contribution >= 4 is 17.1 Å². The van der Waals surface area contributed by atoms with E-state index in [0.717, 1.165) is 61.4 Å². The van der Waals surface area contributed by atoms with Gasteiger partial charge in [0.15, 0.2) is 5.65 Å². The molecule has 0 radical (unpaired) electrons. The number of ether oxygens (including phenoxy) is 2. The van der Waals surface area contributed by atoms with Gasteiger partial charge in [-0.1, -0.05) is 0 Å². The number of amides is 1. The molecule has 2 aromatic heterocycles. The molecule has 2 bridgehead atoms. The number of aromatic nitrogens is 3. The number of rotatable bonds is 4. The number of carbonyl (C=O) groups is 1. The standard InChI is InChI=1S/C26H28F3N5O3/c27-26(28,29)37-20-3-1-16(2-4-20)25(35)34-9-6-15(7-10-34)21-5-8-30-24-22(21)32-23(33-24)17-11-18-13-36-14-19(12-17)31-18/h1-5,8,15,17-19,31H,6-7,9-14H2,(H,30,32,33). The van der Waals surface area contributed by atoms with Gasteiger partial charge >= 0.3 is 6.36 Å². The molecule has 2 unspecified atom stereocenters. The summed E-state index contributed by atoms with van der Waals surface area (Å²) < 4.78 is 46.8. The average Bonchev–Trinajstić information content (AvgIpc) is 3.32. The van der Waals surface area contributed by atoms with Crippen molar-refractivity contribution in [3.8, 4) is 5.75 Å². The third kappa shape index (κ3) is 5.15. The number of nitrogens with zero attached hydrogens (tertiary/aromatic N) is 3. The number of halogens is 3. The van der Waals surface area contributed by atoms with Gasteiger partial charge in [0.2, 0.25) is 0 Å². The van der Waals surface area contributed by atoms with Crippen LogP contribution in [0.15, 0.2) is 36.5 Å². The monoisotopic (exact) mass is 515 g/mol. The summed E-state index contributed by atoms with van der Waals surface area (Å²) in [7, 11) is 0. The summed E-state index contributed by atoms with van der Waals surface area (Å²) in [6, 6.07) is 7.81. The van der Waals surface area contributed by atoms with Gasteiger partial charge in [-0.15, -0.1) is 13.2 Å². The number of fused-ring (bicyclic) bond motifs is 3. The molecule has 37 heavy (non-hydrogen) atoms. The van der Waals surface area contributed by atoms with Crippen molar-refractivity contribution in [2.24, 2.45) is 0 Å². The molecule has 196 valence electrons. The van der Waals surface area contributed by atoms with E-state index in [-0.39, 0.29) is 17.6 Å². The lowest BCUT2D eigenvalue weighted by molar-refractivity contribution is -0.274. The number of piperidine rings is 2. The van der Waals surface area contributed by atoms with E-state index in [1.165, 1.54) is 24.3 Å². The first-order valence-corrected chi connectivity index (χ1v) is 12.7. The van der Waals surface area contributed by atoms with Gasteiger partial charge in [-0.2, -0.15) is 0 Å². The zero-order valence-corrected chi connectivity index (χ0v) is 20.1. The molecule has 3 fully saturated rings. The Labute approximate surface area is 211 Å². The lowest BCUT2D eigenvalue weighted by Crippen LogP contribution is -2.53. The van der Waals surface area contributed by atoms with Crippen molar-refractivity contribution in [2.45, 2.75) is 56.0 Å². The summed E-state index contributed by atoms with van der Waals surface area (Å²) in [5, 5.41) is 3.62. The molecule has 3 saturated heterocycles. The van der Waals surface area contributed by atoms with Crippen LogP contribution < -0.4 is 10.1 Å². The number of H-pyrrole nitrogens is 1. The number of hydrogen-bond acceptors (Lipinski definition) is 6. The van der Waals surface area contributed by atoms with Crippen molar-refractivity contribution < 1.29 is 27.4 Å². The van der Waals surface area contributed by atoms with E-state index in [2.05, 4.69) is 20.0 Å². The van der Waals surface area contributed by atoms with Gasteiger partial charge < -0.3 is 24.7 Å². The maximum atomic E-state index is 12.9. The number of pyridine rings is 1. The van der Waals surface area contributed by atoms with E-state index in [1.54, 1.807) is 4.90 Å². The zero-order chi connectivity index (χ0) is 25.6. The lowest BCUT2D eigenvalue weighted by Gasteiger charge is -2.39. The average molecular weight is 516 g/mol. The molecule has 8 nitrogen and oxygen atoms in total. The number of likely N-dealkylation sites (tertiary alicyclic amines) is 1. The van der Waals surface area contributed by atoms with Crippen molar-refractivity contribution in [3.05, 3.63) is 53.5 Å². The fourth-order valence-electron chi connectivity index (χ4n) is 5.91. The minimum Gasteiger partial charge on any atom is -0.406 e. The summed E-state index contributed by atoms with van der Waals surface area (Å²) in [6.45, 7) is 2.59. The highest BCUT2D eigenvalue weighted by Gasteiger charge is 2.35. The van der Waals surface area contributed by atoms with Crippen LogP contribution in [-0.2, 0) is 4.74 Å². The van der Waals surface area contributed by atoms with Crippen LogP contribution in [0.25, 0.3) is 11.2 Å². The zero-order valence-electron chi connectivity index (χ0n) is 20.1. The van der Waals surface area contributed by atoms with E-state index in [1.807, 2.05) is 12.3 Å². The van der Waals surface area contributed by atoms with Crippen LogP contribution in [0, 0.1) is 0 Å². The molecule has 6 rings (SSSR count). The molecule has 3 aromatic rings. The summed E-state index contributed by atoms with van der Waals surface area (Å²) in [5.41, 5.74) is 3.19. The third-order valence-electron chi connectivity index (χ3n) is 7.63. The first kappa shape index (κ1) is 24.2. The largest absolute Gasteiger partial charge is 0.573 e. The Morgan fingerprint density at radius 1 is 1.03 bits per heavy atom. The Morgan fingerprint density at radius 2 is 1.73 bits per heavy atom. The van der Waals surface area contributed by atoms with Gasteiger partial charge in [-0.3, -0.25) is 4.79 Å². The molecule has 0 saturated carbocycles. The smallest absolute Gasteiger partial charge is 0.406 e. The van der Waals surface area contributed by atoms with E-state index in [4.69, 9.17) is 9.72 Å². The summed E-state index contributed by atoms with van der Waals surface area (Å²) in [4.78, 5) is 27.7. The minimum absolute atomic E-state index is 0.195. The molecule has 3 aliphatic rings. The predicted molar refractivity (Wildman–Crippen MR) is 128 cm³/mol. The molecule has 1 amide bonds. The highest BCUT2D eigenvalue weighted by Crippen LogP contribution is 2.36. The second-order valence-electron chi connectivity index (χ2n) is 10.1. The van der Waals surface area contributed by atoms with Crippen molar-refractivity contribution in [2.75, 3.05) is 26.3 Å². The second kappa shape index (κ2) is 9.60. The van der Waals surface area contributed by atoms with Gasteiger partial charge in [0.25, 0.3) is 5.91 Å². The molecule has 11 heteroatoms. The van der Waals surface area contributed by atoms with Gasteiger partial charge in [-0.25, -0.2) is 9.97 Å². The first-order chi connectivity index (χ1) is 17.8. The Balaban J connectivity index is 1.12. The fourth-order valence-corrected chi connectivity index (χ4v) is 5.91. The van der Waals surface area contributed by atoms with Crippen LogP contribution in [0.5, 0.6) is 5.75 Å². The van der Waals surface area contributed by atoms with Crippen molar-refractivity contribution in [1.82, 2.24) is 25.2 Å². The van der Waals surface area contributed by atoms with Crippen LogP contribution in [0.2, 0.25) is 0 Å². The highest BCUT2D eigenvalue weighted by molar-refractivity contribution is 5.94. The molecule has 5 heterocycles. The maximum Gasteiger partial charge on any atom is 0.573 e. The van der Waals surface area contributed by atoms with Crippen molar-refractivity contribution in [3.63, 3.8) is 0 Å². The summed E-state index contributed by atoms with van der Waals surface area (Å²) >= 11 is 0. The summed E-state index contributed by atoms with van der Waals surface area (Å²) in [6.07, 6.45) is 0.564. The Kier molecular flexibility index (Phi) is 6.28. The number of nitrogens with one attached hydrogen (secondary N) is 2. The lowest BCUT2D eigenvalue weighted by atomic mass is 9.86. The molecule has 3 aliphatic heterocycles. The molecular formula is C26H28F3N5O3. The predicted octanol–water partition coefficient (Wildman–Crippen LogP) is 4.11. The Morgan fingerprint density at radius 3 is 2.41 bits per heavy atom. The minimum atomic E-state index is -4.76. The Bertz CT molecular complexity index is 1260. The van der Waals surface area contributed by atoms with Gasteiger partial charge in [0, 0.05) is 42.9 Å². The SMILES string of the molecule is O=C(c1ccc(OC(F)(F)F)cc1)N1CCC(c2ccnc3[nH]c(C4CC5COCC(C4)N5)nc23)CC1. The van der Waals surface area contributed by atoms with Gasteiger partial charge in [0.1, 0.15) is 17.1 Å². The molecular weight excluding hydrogens is 487 g/mol. The van der Waals surface area contributed by atoms with Gasteiger partial charge in [0.05, 0.1) is 13.2 Å². The van der Waals surface area contributed by atoms with Crippen LogP contribution in [0.4, 0.5) is 13.2 Å². The van der Waals surface area contributed by atoms with E-state index < -0.39 is 6.36 Å². The quantitative estimate of drug-likeness (QED) is 0.544. The van der Waals surface area contributed by atoms with Crippen molar-refractivity contribution in [1.29, 1.82) is 0 Å². The first-order valence-electron chi connectivity index (χ1n) is 12.7. The van der Waals surface area contributed by atoms with Crippen LogP contribution in [-0.4, -0.2) is 70.5 Å². The molecule has 0 aliphatic carbocycles. The number of aromatic amines is 1. The normalized spacial score (nSPS) is 24.8. The third-order valence-corrected chi connectivity index (χ3v) is 7.63. The molecule has 2 atom stereocenters. The van der Waals surface area contributed by atoms with E-state index >= 15 is 0 Å². The topological polar surface area (TPSA) is 92.4 Å². The number of imidazole rings is 1. The molecule has 0 spiro atoms. The van der Waals surface area contributed by atoms with Crippen LogP contribution in [0.3, 0.4) is 0 Å². The number of hydrogen-bond donors (Lipinski definition) is 2. The van der Waals surface area contributed by atoms with Crippen LogP contribution >= 0.6 is 0 Å². The van der Waals surface area contributed by atoms with E-state index in [0.29, 0.717) is 36.7 Å². The molecule has 1 aromatic carbocycles. The Hall–Kier alpha value is -3.18. The number of carbonyl (C=O) groups excluding carboxylic acids is 1. The highest BCUT2D eigenvalue weighted by atomic mass is 19.4. The summed E-state index contributed by atoms with van der Waals surface area (Å²) in [5.74, 6) is 1.03. The van der Waals surface area contributed by atoms with E-state index in [9.17, 15) is 18.0 Å². The maximum absolute atomic E-state index is 12.9.